The Labute approximate surface area is 79.3 Å². The van der Waals surface area contributed by atoms with E-state index >= 15 is 0 Å². The molecule has 0 unspecified atom stereocenters. The lowest BCUT2D eigenvalue weighted by Gasteiger charge is -1.88. The average molecular weight is 281 g/mol. The van der Waals surface area contributed by atoms with Gasteiger partial charge in [-0.15, -0.1) is 0 Å². The minimum absolute atomic E-state index is 0.284. The van der Waals surface area contributed by atoms with Gasteiger partial charge in [-0.2, -0.15) is 0 Å². The van der Waals surface area contributed by atoms with Crippen LogP contribution in [-0.2, 0) is 0 Å². The van der Waals surface area contributed by atoms with E-state index in [9.17, 15) is 4.39 Å². The normalized spacial score (nSPS) is 9.27. The first-order chi connectivity index (χ1) is 5.15. The number of diazo groups is 1. The monoisotopic (exact) mass is 279 g/mol. The third-order valence-corrected chi connectivity index (χ3v) is 2.29. The summed E-state index contributed by atoms with van der Waals surface area (Å²) in [7, 11) is 0. The van der Waals surface area contributed by atoms with Gasteiger partial charge in [0.05, 0.1) is 0 Å². The van der Waals surface area contributed by atoms with Gasteiger partial charge in [-0.25, -0.2) is 4.39 Å². The van der Waals surface area contributed by atoms with Crippen molar-refractivity contribution in [2.24, 2.45) is 0 Å². The van der Waals surface area contributed by atoms with Crippen LogP contribution < -0.4 is 0 Å². The van der Waals surface area contributed by atoms with Crippen molar-refractivity contribution in [1.82, 2.24) is 0 Å². The molecule has 1 aromatic carbocycles. The second-order valence-electron chi connectivity index (χ2n) is 1.82. The van der Waals surface area contributed by atoms with E-state index in [2.05, 4.69) is 36.8 Å². The zero-order chi connectivity index (χ0) is 8.43. The summed E-state index contributed by atoms with van der Waals surface area (Å²) in [6, 6.07) is 2.44. The molecule has 2 nitrogen and oxygen atoms in total. The van der Waals surface area contributed by atoms with Gasteiger partial charge in [0.1, 0.15) is 14.8 Å². The lowest BCUT2D eigenvalue weighted by molar-refractivity contribution is 0.626. The fourth-order valence-corrected chi connectivity index (χ4v) is 1.92. The molecule has 0 aliphatic rings. The standard InChI is InChI=1S/C6H2Br2FN2/c7-4-1-3(9)2-5(8)6(4)11-10/h1-2H/q+1. The lowest BCUT2D eigenvalue weighted by Crippen LogP contribution is -1.75. The number of halogens is 3. The smallest absolute Gasteiger partial charge is 0.207 e. The zero-order valence-corrected chi connectivity index (χ0v) is 8.36. The Hall–Kier alpha value is -0.470. The molecule has 5 heteroatoms. The minimum atomic E-state index is -0.392. The van der Waals surface area contributed by atoms with Gasteiger partial charge in [0.2, 0.25) is 5.39 Å². The summed E-state index contributed by atoms with van der Waals surface area (Å²) in [5, 5.41) is 8.43. The first-order valence-corrected chi connectivity index (χ1v) is 4.23. The SMILES string of the molecule is N#[N+]c1c(Br)cc(F)cc1Br. The number of rotatable bonds is 0. The van der Waals surface area contributed by atoms with Gasteiger partial charge in [-0.3, -0.25) is 0 Å². The summed E-state index contributed by atoms with van der Waals surface area (Å²) in [5.41, 5.74) is 0.284. The molecule has 0 fully saturated rings. The van der Waals surface area contributed by atoms with Crippen molar-refractivity contribution >= 4 is 37.5 Å². The van der Waals surface area contributed by atoms with Crippen LogP contribution in [0.5, 0.6) is 0 Å². The van der Waals surface area contributed by atoms with Crippen LogP contribution in [0.4, 0.5) is 10.1 Å². The van der Waals surface area contributed by atoms with Gasteiger partial charge in [-0.05, 0) is 44.0 Å². The van der Waals surface area contributed by atoms with Crippen LogP contribution in [0, 0.1) is 11.2 Å². The molecule has 11 heavy (non-hydrogen) atoms. The van der Waals surface area contributed by atoms with Crippen LogP contribution in [0.15, 0.2) is 21.1 Å². The number of hydrogen-bond donors (Lipinski definition) is 0. The van der Waals surface area contributed by atoms with Crippen LogP contribution in [-0.4, -0.2) is 0 Å². The maximum atomic E-state index is 12.6. The van der Waals surface area contributed by atoms with E-state index in [4.69, 9.17) is 5.39 Å². The van der Waals surface area contributed by atoms with Gasteiger partial charge < -0.3 is 0 Å². The molecule has 56 valence electrons. The average Bonchev–Trinajstić information content (AvgIpc) is 1.85. The number of benzene rings is 1. The van der Waals surface area contributed by atoms with Crippen molar-refractivity contribution in [2.75, 3.05) is 0 Å². The Kier molecular flexibility index (Phi) is 2.58. The van der Waals surface area contributed by atoms with Crippen molar-refractivity contribution in [1.29, 1.82) is 5.39 Å². The Morgan fingerprint density at radius 1 is 1.27 bits per heavy atom. The van der Waals surface area contributed by atoms with E-state index in [1.54, 1.807) is 0 Å². The van der Waals surface area contributed by atoms with Gasteiger partial charge in [0, 0.05) is 0 Å². The van der Waals surface area contributed by atoms with Crippen molar-refractivity contribution in [3.63, 3.8) is 0 Å². The first kappa shape index (κ1) is 8.62. The Bertz CT molecular complexity index is 309. The van der Waals surface area contributed by atoms with Gasteiger partial charge in [0.25, 0.3) is 0 Å². The summed E-state index contributed by atoms with van der Waals surface area (Å²) in [6.45, 7) is 0. The molecule has 0 bridgehead atoms. The van der Waals surface area contributed by atoms with E-state index in [1.807, 2.05) is 0 Å². The van der Waals surface area contributed by atoms with Crippen molar-refractivity contribution in [3.8, 4) is 0 Å². The number of hydrogen-bond acceptors (Lipinski definition) is 1. The van der Waals surface area contributed by atoms with Crippen LogP contribution in [0.2, 0.25) is 0 Å². The summed E-state index contributed by atoms with van der Waals surface area (Å²) in [4.78, 5) is 2.95. The highest BCUT2D eigenvalue weighted by Crippen LogP contribution is 2.34. The van der Waals surface area contributed by atoms with Gasteiger partial charge in [0.15, 0.2) is 4.98 Å². The maximum Gasteiger partial charge on any atom is 0.413 e. The van der Waals surface area contributed by atoms with Crippen LogP contribution >= 0.6 is 31.9 Å². The fourth-order valence-electron chi connectivity index (χ4n) is 0.630. The summed E-state index contributed by atoms with van der Waals surface area (Å²) in [5.74, 6) is -0.392. The highest BCUT2D eigenvalue weighted by molar-refractivity contribution is 9.11. The zero-order valence-electron chi connectivity index (χ0n) is 5.18. The molecule has 0 radical (unpaired) electrons. The molecule has 0 aromatic heterocycles. The molecular weight excluding hydrogens is 279 g/mol. The maximum absolute atomic E-state index is 12.6. The van der Waals surface area contributed by atoms with E-state index < -0.39 is 5.82 Å². The highest BCUT2D eigenvalue weighted by atomic mass is 79.9. The van der Waals surface area contributed by atoms with Crippen LogP contribution in [0.25, 0.3) is 4.98 Å². The quantitative estimate of drug-likeness (QED) is 0.664. The third-order valence-electron chi connectivity index (χ3n) is 1.08. The molecule has 0 N–H and O–H groups in total. The largest absolute Gasteiger partial charge is 0.413 e. The Morgan fingerprint density at radius 3 is 2.09 bits per heavy atom. The van der Waals surface area contributed by atoms with E-state index in [0.717, 1.165) is 0 Å². The second-order valence-corrected chi connectivity index (χ2v) is 3.53. The van der Waals surface area contributed by atoms with E-state index in [0.29, 0.717) is 8.95 Å². The minimum Gasteiger partial charge on any atom is -0.207 e. The van der Waals surface area contributed by atoms with E-state index in [1.165, 1.54) is 12.1 Å². The summed E-state index contributed by atoms with van der Waals surface area (Å²) < 4.78 is 13.4. The molecule has 0 atom stereocenters. The second kappa shape index (κ2) is 3.28. The van der Waals surface area contributed by atoms with Crippen LogP contribution in [0.1, 0.15) is 0 Å². The van der Waals surface area contributed by atoms with Gasteiger partial charge in [-0.1, -0.05) is 0 Å². The molecular formula is C6H2Br2FN2+. The third kappa shape index (κ3) is 1.76. The summed E-state index contributed by atoms with van der Waals surface area (Å²) in [6.07, 6.45) is 0. The molecule has 1 rings (SSSR count). The summed E-state index contributed by atoms with van der Waals surface area (Å²) >= 11 is 6.07. The Balaban J connectivity index is 3.40. The van der Waals surface area contributed by atoms with Crippen molar-refractivity contribution in [3.05, 3.63) is 31.9 Å². The topological polar surface area (TPSA) is 28.1 Å². The molecule has 0 saturated heterocycles. The van der Waals surface area contributed by atoms with E-state index in [-0.39, 0.29) is 5.69 Å². The number of nitrogens with zero attached hydrogens (tertiary/aromatic N) is 2. The molecule has 0 aliphatic heterocycles. The molecule has 0 amide bonds. The predicted octanol–water partition coefficient (Wildman–Crippen LogP) is 3.84. The molecule has 0 heterocycles. The Morgan fingerprint density at radius 2 is 1.73 bits per heavy atom. The fraction of sp³-hybridized carbons (Fsp3) is 0. The molecule has 0 saturated carbocycles. The molecule has 0 aliphatic carbocycles. The predicted molar refractivity (Wildman–Crippen MR) is 46.5 cm³/mol. The van der Waals surface area contributed by atoms with Crippen molar-refractivity contribution < 1.29 is 4.39 Å². The van der Waals surface area contributed by atoms with Gasteiger partial charge >= 0.3 is 5.69 Å². The first-order valence-electron chi connectivity index (χ1n) is 2.65. The molecule has 0 spiro atoms. The van der Waals surface area contributed by atoms with Crippen molar-refractivity contribution in [2.45, 2.75) is 0 Å². The lowest BCUT2D eigenvalue weighted by atomic mass is 10.3. The highest BCUT2D eigenvalue weighted by Gasteiger charge is 2.17. The molecule has 1 aromatic rings. The van der Waals surface area contributed by atoms with Crippen LogP contribution in [0.3, 0.4) is 0 Å².